The zero-order valence-electron chi connectivity index (χ0n) is 15.1. The molecule has 0 spiro atoms. The first-order valence-electron chi connectivity index (χ1n) is 8.69. The van der Waals surface area contributed by atoms with Crippen LogP contribution in [0.1, 0.15) is 29.0 Å². The fourth-order valence-corrected chi connectivity index (χ4v) is 5.24. The van der Waals surface area contributed by atoms with Gasteiger partial charge in [0.15, 0.2) is 5.16 Å². The highest BCUT2D eigenvalue weighted by Crippen LogP contribution is 2.33. The number of aryl methyl sites for hydroxylation is 1. The van der Waals surface area contributed by atoms with Crippen LogP contribution in [0, 0.1) is 6.92 Å². The summed E-state index contributed by atoms with van der Waals surface area (Å²) < 4.78 is 1.86. The van der Waals surface area contributed by atoms with Crippen molar-refractivity contribution in [2.45, 2.75) is 31.5 Å². The summed E-state index contributed by atoms with van der Waals surface area (Å²) in [7, 11) is 0. The second-order valence-electron chi connectivity index (χ2n) is 6.52. The van der Waals surface area contributed by atoms with Gasteiger partial charge in [-0.2, -0.15) is 0 Å². The van der Waals surface area contributed by atoms with Crippen molar-refractivity contribution in [3.8, 4) is 5.69 Å². The highest BCUT2D eigenvalue weighted by Gasteiger charge is 2.28. The topological polar surface area (TPSA) is 51.0 Å². The van der Waals surface area contributed by atoms with Gasteiger partial charge in [0.25, 0.3) is 0 Å². The van der Waals surface area contributed by atoms with Crippen LogP contribution in [0.25, 0.3) is 5.69 Å². The molecule has 1 aromatic carbocycles. The molecule has 1 unspecified atom stereocenters. The van der Waals surface area contributed by atoms with Crippen molar-refractivity contribution in [3.63, 3.8) is 0 Å². The third kappa shape index (κ3) is 3.63. The number of rotatable bonds is 4. The quantitative estimate of drug-likeness (QED) is 0.584. The number of nitrogens with zero attached hydrogens (tertiary/aromatic N) is 4. The summed E-state index contributed by atoms with van der Waals surface area (Å²) >= 11 is 9.42. The van der Waals surface area contributed by atoms with Crippen molar-refractivity contribution >= 4 is 40.6 Å². The van der Waals surface area contributed by atoms with E-state index in [4.69, 9.17) is 11.6 Å². The van der Waals surface area contributed by atoms with Crippen LogP contribution < -0.4 is 0 Å². The van der Waals surface area contributed by atoms with Crippen LogP contribution in [0.15, 0.2) is 41.1 Å². The molecule has 3 aromatic rings. The van der Waals surface area contributed by atoms with Crippen molar-refractivity contribution in [1.29, 1.82) is 0 Å². The molecule has 0 fully saturated rings. The van der Waals surface area contributed by atoms with Crippen LogP contribution >= 0.6 is 34.7 Å². The summed E-state index contributed by atoms with van der Waals surface area (Å²) in [4.78, 5) is 16.2. The number of halogens is 1. The molecular formula is C19H19ClN4OS2. The molecule has 1 aliphatic rings. The molecule has 1 aliphatic heterocycles. The Labute approximate surface area is 171 Å². The SMILES string of the molecule is Cc1ccc(-n2cnnc2SCC(=O)N2CCc3sccc3C2C)cc1Cl. The maximum absolute atomic E-state index is 12.8. The summed E-state index contributed by atoms with van der Waals surface area (Å²) in [6.45, 7) is 4.84. The molecule has 27 heavy (non-hydrogen) atoms. The molecule has 0 N–H and O–H groups in total. The van der Waals surface area contributed by atoms with Gasteiger partial charge in [0.05, 0.1) is 17.5 Å². The smallest absolute Gasteiger partial charge is 0.233 e. The third-order valence-corrected chi connectivity index (χ3v) is 7.20. The van der Waals surface area contributed by atoms with E-state index in [1.807, 2.05) is 34.6 Å². The fraction of sp³-hybridized carbons (Fsp3) is 0.316. The molecule has 1 atom stereocenters. The van der Waals surface area contributed by atoms with Gasteiger partial charge in [-0.1, -0.05) is 29.4 Å². The van der Waals surface area contributed by atoms with Gasteiger partial charge in [-0.25, -0.2) is 0 Å². The summed E-state index contributed by atoms with van der Waals surface area (Å²) in [5.74, 6) is 0.461. The average Bonchev–Trinajstić information content (AvgIpc) is 3.32. The van der Waals surface area contributed by atoms with Crippen LogP contribution in [-0.4, -0.2) is 37.9 Å². The number of fused-ring (bicyclic) bond motifs is 1. The van der Waals surface area contributed by atoms with E-state index in [9.17, 15) is 4.79 Å². The lowest BCUT2D eigenvalue weighted by atomic mass is 10.0. The molecule has 4 rings (SSSR count). The number of benzene rings is 1. The van der Waals surface area contributed by atoms with Crippen LogP contribution in [0.4, 0.5) is 0 Å². The summed E-state index contributed by atoms with van der Waals surface area (Å²) in [5, 5.41) is 11.7. The highest BCUT2D eigenvalue weighted by molar-refractivity contribution is 7.99. The Morgan fingerprint density at radius 3 is 3.07 bits per heavy atom. The lowest BCUT2D eigenvalue weighted by molar-refractivity contribution is -0.130. The van der Waals surface area contributed by atoms with E-state index in [1.54, 1.807) is 17.7 Å². The Hall–Kier alpha value is -1.83. The van der Waals surface area contributed by atoms with Gasteiger partial charge in [-0.3, -0.25) is 9.36 Å². The molecule has 0 bridgehead atoms. The molecule has 5 nitrogen and oxygen atoms in total. The van der Waals surface area contributed by atoms with Crippen LogP contribution in [0.2, 0.25) is 5.02 Å². The molecule has 2 aromatic heterocycles. The van der Waals surface area contributed by atoms with E-state index in [2.05, 4.69) is 28.6 Å². The molecule has 0 radical (unpaired) electrons. The number of aromatic nitrogens is 3. The van der Waals surface area contributed by atoms with E-state index in [1.165, 1.54) is 22.2 Å². The Kier molecular flexibility index (Phi) is 5.25. The summed E-state index contributed by atoms with van der Waals surface area (Å²) in [6, 6.07) is 8.08. The van der Waals surface area contributed by atoms with E-state index in [-0.39, 0.29) is 11.9 Å². The first-order chi connectivity index (χ1) is 13.0. The van der Waals surface area contributed by atoms with Gasteiger partial charge in [0, 0.05) is 16.4 Å². The van der Waals surface area contributed by atoms with Crippen LogP contribution in [-0.2, 0) is 11.2 Å². The van der Waals surface area contributed by atoms with Gasteiger partial charge in [0.1, 0.15) is 6.33 Å². The van der Waals surface area contributed by atoms with Crippen molar-refractivity contribution in [2.75, 3.05) is 12.3 Å². The number of carbonyl (C=O) groups is 1. The maximum atomic E-state index is 12.8. The molecule has 140 valence electrons. The van der Waals surface area contributed by atoms with Crippen molar-refractivity contribution in [1.82, 2.24) is 19.7 Å². The van der Waals surface area contributed by atoms with Crippen LogP contribution in [0.5, 0.6) is 0 Å². The minimum absolute atomic E-state index is 0.126. The van der Waals surface area contributed by atoms with Crippen molar-refractivity contribution in [2.24, 2.45) is 0 Å². The maximum Gasteiger partial charge on any atom is 0.233 e. The minimum atomic E-state index is 0.126. The monoisotopic (exact) mass is 418 g/mol. The van der Waals surface area contributed by atoms with Gasteiger partial charge < -0.3 is 4.90 Å². The van der Waals surface area contributed by atoms with Crippen molar-refractivity contribution in [3.05, 3.63) is 57.0 Å². The molecule has 3 heterocycles. The van der Waals surface area contributed by atoms with Crippen molar-refractivity contribution < 1.29 is 4.79 Å². The van der Waals surface area contributed by atoms with Gasteiger partial charge in [-0.15, -0.1) is 21.5 Å². The van der Waals surface area contributed by atoms with E-state index >= 15 is 0 Å². The van der Waals surface area contributed by atoms with E-state index in [0.717, 1.165) is 24.2 Å². The zero-order chi connectivity index (χ0) is 19.0. The van der Waals surface area contributed by atoms with Crippen LogP contribution in [0.3, 0.4) is 0 Å². The normalized spacial score (nSPS) is 16.4. The van der Waals surface area contributed by atoms with Gasteiger partial charge >= 0.3 is 0 Å². The predicted octanol–water partition coefficient (Wildman–Crippen LogP) is 4.53. The number of thiophene rings is 1. The molecule has 1 amide bonds. The standard InChI is InChI=1S/C19H19ClN4OS2/c1-12-3-4-14(9-16(12)20)24-11-21-22-19(24)27-10-18(25)23-7-5-17-15(13(23)2)6-8-26-17/h3-4,6,8-9,11,13H,5,7,10H2,1-2H3. The second-order valence-corrected chi connectivity index (χ2v) is 8.87. The Morgan fingerprint density at radius 1 is 1.41 bits per heavy atom. The van der Waals surface area contributed by atoms with Gasteiger partial charge in [-0.05, 0) is 55.0 Å². The number of amides is 1. The average molecular weight is 419 g/mol. The highest BCUT2D eigenvalue weighted by atomic mass is 35.5. The largest absolute Gasteiger partial charge is 0.335 e. The van der Waals surface area contributed by atoms with E-state index in [0.29, 0.717) is 15.9 Å². The second kappa shape index (κ2) is 7.66. The Bertz CT molecular complexity index is 984. The predicted molar refractivity (Wildman–Crippen MR) is 110 cm³/mol. The first-order valence-corrected chi connectivity index (χ1v) is 10.9. The number of thioether (sulfide) groups is 1. The minimum Gasteiger partial charge on any atom is -0.335 e. The summed E-state index contributed by atoms with van der Waals surface area (Å²) in [6.07, 6.45) is 2.58. The lowest BCUT2D eigenvalue weighted by Crippen LogP contribution is -2.39. The molecular weight excluding hydrogens is 400 g/mol. The van der Waals surface area contributed by atoms with E-state index < -0.39 is 0 Å². The molecule has 8 heteroatoms. The molecule has 0 saturated carbocycles. The Balaban J connectivity index is 1.46. The summed E-state index contributed by atoms with van der Waals surface area (Å²) in [5.41, 5.74) is 3.19. The molecule has 0 aliphatic carbocycles. The molecule has 0 saturated heterocycles. The zero-order valence-corrected chi connectivity index (χ0v) is 17.4. The van der Waals surface area contributed by atoms with Gasteiger partial charge in [0.2, 0.25) is 5.91 Å². The Morgan fingerprint density at radius 2 is 2.26 bits per heavy atom. The number of carbonyl (C=O) groups excluding carboxylic acids is 1. The third-order valence-electron chi connectivity index (χ3n) is 4.87. The number of hydrogen-bond acceptors (Lipinski definition) is 5. The first kappa shape index (κ1) is 18.5. The lowest BCUT2D eigenvalue weighted by Gasteiger charge is -2.33. The fourth-order valence-electron chi connectivity index (χ4n) is 3.29. The number of hydrogen-bond donors (Lipinski definition) is 0.